The number of hydrogen-bond donors (Lipinski definition) is 1. The number of nitrogens with one attached hydrogen (secondary N) is 1. The van der Waals surface area contributed by atoms with Gasteiger partial charge in [0.25, 0.3) is 0 Å². The number of nitrogens with zero attached hydrogens (tertiary/aromatic N) is 1. The van der Waals surface area contributed by atoms with Crippen molar-refractivity contribution in [3.05, 3.63) is 53.3 Å². The van der Waals surface area contributed by atoms with Gasteiger partial charge in [-0.25, -0.2) is 0 Å². The topological polar surface area (TPSA) is 34.2 Å². The smallest absolute Gasteiger partial charge is 0.146 e. The fourth-order valence-electron chi connectivity index (χ4n) is 2.07. The first-order valence-corrected chi connectivity index (χ1v) is 7.09. The summed E-state index contributed by atoms with van der Waals surface area (Å²) in [4.78, 5) is 4.24. The molecule has 0 saturated carbocycles. The lowest BCUT2D eigenvalue weighted by atomic mass is 10.1. The molecular formula is C17H22N2O. The van der Waals surface area contributed by atoms with E-state index in [-0.39, 0.29) is 0 Å². The third-order valence-electron chi connectivity index (χ3n) is 3.08. The first-order chi connectivity index (χ1) is 9.69. The fraction of sp³-hybridized carbons (Fsp3) is 0.353. The van der Waals surface area contributed by atoms with Gasteiger partial charge in [-0.2, -0.15) is 0 Å². The molecule has 0 fully saturated rings. The van der Waals surface area contributed by atoms with E-state index < -0.39 is 0 Å². The van der Waals surface area contributed by atoms with E-state index in [1.54, 1.807) is 6.20 Å². The molecule has 1 aromatic carbocycles. The van der Waals surface area contributed by atoms with Gasteiger partial charge in [0, 0.05) is 12.7 Å². The van der Waals surface area contributed by atoms with Crippen molar-refractivity contribution in [3.63, 3.8) is 0 Å². The Morgan fingerprint density at radius 1 is 1.15 bits per heavy atom. The quantitative estimate of drug-likeness (QED) is 0.806. The summed E-state index contributed by atoms with van der Waals surface area (Å²) < 4.78 is 5.92. The number of aryl methyl sites for hydroxylation is 2. The normalized spacial score (nSPS) is 10.6. The lowest BCUT2D eigenvalue weighted by Crippen LogP contribution is -2.13. The molecule has 20 heavy (non-hydrogen) atoms. The Hall–Kier alpha value is -1.87. The molecule has 0 aliphatic rings. The molecule has 106 valence electrons. The van der Waals surface area contributed by atoms with Gasteiger partial charge in [0.15, 0.2) is 0 Å². The first-order valence-electron chi connectivity index (χ1n) is 7.09. The van der Waals surface area contributed by atoms with Gasteiger partial charge in [0.05, 0.1) is 6.20 Å². The summed E-state index contributed by atoms with van der Waals surface area (Å²) in [5.74, 6) is 1.67. The molecule has 1 N–H and O–H groups in total. The SMILES string of the molecule is CCCNCc1cncc(Oc2ccc(C)cc2C)c1. The van der Waals surface area contributed by atoms with Crippen LogP contribution in [-0.2, 0) is 6.54 Å². The maximum Gasteiger partial charge on any atom is 0.146 e. The molecular weight excluding hydrogens is 248 g/mol. The molecule has 0 saturated heterocycles. The van der Waals surface area contributed by atoms with Gasteiger partial charge in [0.2, 0.25) is 0 Å². The first kappa shape index (κ1) is 14.5. The molecule has 2 aromatic rings. The second-order valence-corrected chi connectivity index (χ2v) is 5.08. The van der Waals surface area contributed by atoms with Crippen molar-refractivity contribution in [1.29, 1.82) is 0 Å². The fourth-order valence-corrected chi connectivity index (χ4v) is 2.07. The summed E-state index contributed by atoms with van der Waals surface area (Å²) in [7, 11) is 0. The van der Waals surface area contributed by atoms with Crippen molar-refractivity contribution in [2.75, 3.05) is 6.54 Å². The Kier molecular flexibility index (Phi) is 5.13. The van der Waals surface area contributed by atoms with E-state index in [9.17, 15) is 0 Å². The van der Waals surface area contributed by atoms with Gasteiger partial charge in [-0.1, -0.05) is 24.6 Å². The van der Waals surface area contributed by atoms with E-state index in [1.165, 1.54) is 5.56 Å². The molecule has 3 nitrogen and oxygen atoms in total. The molecule has 0 unspecified atom stereocenters. The summed E-state index contributed by atoms with van der Waals surface area (Å²) in [6.07, 6.45) is 4.76. The molecule has 0 radical (unpaired) electrons. The lowest BCUT2D eigenvalue weighted by Gasteiger charge is -2.10. The molecule has 0 aliphatic heterocycles. The molecule has 1 aromatic heterocycles. The van der Waals surface area contributed by atoms with Crippen LogP contribution >= 0.6 is 0 Å². The van der Waals surface area contributed by atoms with Gasteiger partial charge >= 0.3 is 0 Å². The maximum absolute atomic E-state index is 5.92. The zero-order valence-corrected chi connectivity index (χ0v) is 12.4. The minimum Gasteiger partial charge on any atom is -0.455 e. The Bertz CT molecular complexity index is 567. The van der Waals surface area contributed by atoms with Crippen LogP contribution in [0.15, 0.2) is 36.7 Å². The third-order valence-corrected chi connectivity index (χ3v) is 3.08. The van der Waals surface area contributed by atoms with Gasteiger partial charge in [0.1, 0.15) is 11.5 Å². The Morgan fingerprint density at radius 2 is 2.00 bits per heavy atom. The summed E-state index contributed by atoms with van der Waals surface area (Å²) >= 11 is 0. The number of benzene rings is 1. The van der Waals surface area contributed by atoms with Crippen molar-refractivity contribution >= 4 is 0 Å². The van der Waals surface area contributed by atoms with Gasteiger partial charge < -0.3 is 10.1 Å². The molecule has 0 spiro atoms. The molecule has 0 aliphatic carbocycles. The average molecular weight is 270 g/mol. The van der Waals surface area contributed by atoms with Crippen molar-refractivity contribution in [2.45, 2.75) is 33.7 Å². The van der Waals surface area contributed by atoms with E-state index in [0.29, 0.717) is 0 Å². The van der Waals surface area contributed by atoms with Crippen LogP contribution in [0.25, 0.3) is 0 Å². The van der Waals surface area contributed by atoms with Crippen LogP contribution in [0.2, 0.25) is 0 Å². The molecule has 3 heteroatoms. The Labute approximate surface area is 121 Å². The van der Waals surface area contributed by atoms with E-state index in [1.807, 2.05) is 18.3 Å². The molecule has 0 bridgehead atoms. The summed E-state index contributed by atoms with van der Waals surface area (Å²) in [5.41, 5.74) is 3.52. The molecule has 2 rings (SSSR count). The van der Waals surface area contributed by atoms with Crippen molar-refractivity contribution in [3.8, 4) is 11.5 Å². The van der Waals surface area contributed by atoms with Crippen molar-refractivity contribution in [1.82, 2.24) is 10.3 Å². The van der Waals surface area contributed by atoms with Crippen LogP contribution < -0.4 is 10.1 Å². The van der Waals surface area contributed by atoms with E-state index in [0.717, 1.165) is 42.1 Å². The number of ether oxygens (including phenoxy) is 1. The third kappa shape index (κ3) is 4.07. The van der Waals surface area contributed by atoms with Gasteiger partial charge in [-0.15, -0.1) is 0 Å². The zero-order valence-electron chi connectivity index (χ0n) is 12.4. The van der Waals surface area contributed by atoms with Crippen LogP contribution in [-0.4, -0.2) is 11.5 Å². The zero-order chi connectivity index (χ0) is 14.4. The van der Waals surface area contributed by atoms with Crippen LogP contribution in [0, 0.1) is 13.8 Å². The van der Waals surface area contributed by atoms with Gasteiger partial charge in [-0.05, 0) is 50.1 Å². The lowest BCUT2D eigenvalue weighted by molar-refractivity contribution is 0.475. The predicted octanol–water partition coefficient (Wildman–Crippen LogP) is 3.99. The van der Waals surface area contributed by atoms with Crippen LogP contribution in [0.5, 0.6) is 11.5 Å². The van der Waals surface area contributed by atoms with Crippen LogP contribution in [0.4, 0.5) is 0 Å². The molecule has 0 amide bonds. The largest absolute Gasteiger partial charge is 0.455 e. The van der Waals surface area contributed by atoms with E-state index >= 15 is 0 Å². The highest BCUT2D eigenvalue weighted by atomic mass is 16.5. The van der Waals surface area contributed by atoms with Crippen molar-refractivity contribution in [2.24, 2.45) is 0 Å². The highest BCUT2D eigenvalue weighted by Crippen LogP contribution is 2.25. The number of rotatable bonds is 6. The standard InChI is InChI=1S/C17H22N2O/c1-4-7-18-10-15-9-16(12-19-11-15)20-17-6-5-13(2)8-14(17)3/h5-6,8-9,11-12,18H,4,7,10H2,1-3H3. The van der Waals surface area contributed by atoms with Crippen LogP contribution in [0.1, 0.15) is 30.0 Å². The van der Waals surface area contributed by atoms with Crippen LogP contribution in [0.3, 0.4) is 0 Å². The second kappa shape index (κ2) is 7.06. The monoisotopic (exact) mass is 270 g/mol. The van der Waals surface area contributed by atoms with E-state index in [2.05, 4.69) is 43.2 Å². The van der Waals surface area contributed by atoms with Gasteiger partial charge in [-0.3, -0.25) is 4.98 Å². The van der Waals surface area contributed by atoms with E-state index in [4.69, 9.17) is 4.74 Å². The minimum absolute atomic E-state index is 0.785. The Morgan fingerprint density at radius 3 is 2.75 bits per heavy atom. The summed E-state index contributed by atoms with van der Waals surface area (Å²) in [6.45, 7) is 8.14. The number of aromatic nitrogens is 1. The molecule has 0 atom stereocenters. The number of pyridine rings is 1. The average Bonchev–Trinajstić information content (AvgIpc) is 2.43. The maximum atomic E-state index is 5.92. The minimum atomic E-state index is 0.785. The second-order valence-electron chi connectivity index (χ2n) is 5.08. The predicted molar refractivity (Wildman–Crippen MR) is 82.2 cm³/mol. The molecule has 1 heterocycles. The number of hydrogen-bond acceptors (Lipinski definition) is 3. The highest BCUT2D eigenvalue weighted by molar-refractivity contribution is 5.39. The summed E-state index contributed by atoms with van der Waals surface area (Å²) in [6, 6.07) is 8.22. The summed E-state index contributed by atoms with van der Waals surface area (Å²) in [5, 5.41) is 3.37. The van der Waals surface area contributed by atoms with Crippen molar-refractivity contribution < 1.29 is 4.74 Å². The Balaban J connectivity index is 2.07. The highest BCUT2D eigenvalue weighted by Gasteiger charge is 2.03.